The summed E-state index contributed by atoms with van der Waals surface area (Å²) in [6.07, 6.45) is 3.55. The van der Waals surface area contributed by atoms with Gasteiger partial charge in [-0.15, -0.1) is 11.3 Å². The maximum atomic E-state index is 13.2. The van der Waals surface area contributed by atoms with Gasteiger partial charge in [-0.1, -0.05) is 11.6 Å². The van der Waals surface area contributed by atoms with Gasteiger partial charge in [-0.2, -0.15) is 5.10 Å². The molecule has 0 spiro atoms. The van der Waals surface area contributed by atoms with Gasteiger partial charge in [0.15, 0.2) is 0 Å². The summed E-state index contributed by atoms with van der Waals surface area (Å²) >= 11 is 7.38. The molecular weight excluding hydrogens is 417 g/mol. The highest BCUT2D eigenvalue weighted by Crippen LogP contribution is 2.24. The van der Waals surface area contributed by atoms with E-state index < -0.39 is 5.82 Å². The molecule has 7 nitrogen and oxygen atoms in total. The number of carbonyl (C=O) groups excluding carboxylic acids is 2. The summed E-state index contributed by atoms with van der Waals surface area (Å²) in [6, 6.07) is 3.71. The molecule has 0 saturated carbocycles. The highest BCUT2D eigenvalue weighted by molar-refractivity contribution is 7.13. The number of hydrogen-bond acceptors (Lipinski definition) is 5. The van der Waals surface area contributed by atoms with Gasteiger partial charge in [-0.05, 0) is 18.2 Å². The number of halogens is 2. The molecule has 2 amide bonds. The molecule has 1 aliphatic heterocycles. The van der Waals surface area contributed by atoms with Crippen LogP contribution in [0.2, 0.25) is 5.02 Å². The summed E-state index contributed by atoms with van der Waals surface area (Å²) in [5.41, 5.74) is 1.51. The van der Waals surface area contributed by atoms with Gasteiger partial charge < -0.3 is 9.80 Å². The number of thiazole rings is 1. The van der Waals surface area contributed by atoms with Crippen molar-refractivity contribution in [2.24, 2.45) is 7.05 Å². The number of aryl methyl sites for hydroxylation is 1. The predicted octanol–water partition coefficient (Wildman–Crippen LogP) is 2.93. The molecule has 0 unspecified atom stereocenters. The topological polar surface area (TPSA) is 71.3 Å². The minimum atomic E-state index is -0.490. The second kappa shape index (κ2) is 7.92. The van der Waals surface area contributed by atoms with Crippen molar-refractivity contribution in [3.05, 3.63) is 58.1 Å². The average molecular weight is 434 g/mol. The third-order valence-corrected chi connectivity index (χ3v) is 5.89. The van der Waals surface area contributed by atoms with Crippen molar-refractivity contribution in [1.82, 2.24) is 24.6 Å². The van der Waals surface area contributed by atoms with Gasteiger partial charge in [0.05, 0.1) is 16.8 Å². The Hall–Kier alpha value is -2.78. The molecule has 1 fully saturated rings. The maximum absolute atomic E-state index is 13.2. The Bertz CT molecular complexity index is 1070. The van der Waals surface area contributed by atoms with Crippen molar-refractivity contribution >= 4 is 34.8 Å². The van der Waals surface area contributed by atoms with Crippen LogP contribution in [0.1, 0.15) is 20.8 Å². The second-order valence-electron chi connectivity index (χ2n) is 6.65. The van der Waals surface area contributed by atoms with Crippen molar-refractivity contribution in [1.29, 1.82) is 0 Å². The zero-order valence-electron chi connectivity index (χ0n) is 15.5. The standard InChI is InChI=1S/C19H17ClFN5O2S/c1-24-10-12(9-22-24)17-23-16(11-29-17)19(28)26-6-4-25(5-7-26)18(27)14-3-2-13(21)8-15(14)20/h2-3,8-11H,4-7H2,1H3. The number of aromatic nitrogens is 3. The number of hydrogen-bond donors (Lipinski definition) is 0. The van der Waals surface area contributed by atoms with E-state index in [1.165, 1.54) is 23.5 Å². The van der Waals surface area contributed by atoms with Crippen LogP contribution in [0.15, 0.2) is 36.0 Å². The third kappa shape index (κ3) is 4.01. The number of piperazine rings is 1. The molecule has 0 atom stereocenters. The van der Waals surface area contributed by atoms with Crippen molar-refractivity contribution < 1.29 is 14.0 Å². The van der Waals surface area contributed by atoms with E-state index in [1.807, 2.05) is 13.2 Å². The Morgan fingerprint density at radius 3 is 2.45 bits per heavy atom. The maximum Gasteiger partial charge on any atom is 0.273 e. The number of carbonyl (C=O) groups is 2. The van der Waals surface area contributed by atoms with Crippen molar-refractivity contribution in [2.45, 2.75) is 0 Å². The van der Waals surface area contributed by atoms with Crippen LogP contribution >= 0.6 is 22.9 Å². The van der Waals surface area contributed by atoms with Gasteiger partial charge in [0.1, 0.15) is 16.5 Å². The highest BCUT2D eigenvalue weighted by atomic mass is 35.5. The van der Waals surface area contributed by atoms with E-state index >= 15 is 0 Å². The lowest BCUT2D eigenvalue weighted by Crippen LogP contribution is -2.50. The molecule has 1 aromatic carbocycles. The summed E-state index contributed by atoms with van der Waals surface area (Å²) in [4.78, 5) is 33.1. The van der Waals surface area contributed by atoms with Gasteiger partial charge in [-0.3, -0.25) is 14.3 Å². The molecule has 29 heavy (non-hydrogen) atoms. The first-order chi connectivity index (χ1) is 13.9. The van der Waals surface area contributed by atoms with Crippen LogP contribution in [0.3, 0.4) is 0 Å². The van der Waals surface area contributed by atoms with Crippen LogP contribution in [0.5, 0.6) is 0 Å². The van der Waals surface area contributed by atoms with Crippen LogP contribution in [0, 0.1) is 5.82 Å². The molecule has 0 radical (unpaired) electrons. The molecule has 10 heteroatoms. The van der Waals surface area contributed by atoms with E-state index in [1.54, 1.807) is 26.1 Å². The Labute approximate surface area is 175 Å². The number of benzene rings is 1. The lowest BCUT2D eigenvalue weighted by Gasteiger charge is -2.34. The zero-order chi connectivity index (χ0) is 20.5. The molecule has 1 aliphatic rings. The SMILES string of the molecule is Cn1cc(-c2nc(C(=O)N3CCN(C(=O)c4ccc(F)cc4Cl)CC3)cs2)cn1. The molecule has 3 aromatic rings. The molecule has 2 aromatic heterocycles. The van der Waals surface area contributed by atoms with E-state index in [4.69, 9.17) is 11.6 Å². The first kappa shape index (κ1) is 19.5. The second-order valence-corrected chi connectivity index (χ2v) is 7.91. The molecule has 0 bridgehead atoms. The van der Waals surface area contributed by atoms with E-state index in [2.05, 4.69) is 10.1 Å². The van der Waals surface area contributed by atoms with Gasteiger partial charge in [-0.25, -0.2) is 9.37 Å². The largest absolute Gasteiger partial charge is 0.335 e. The lowest BCUT2D eigenvalue weighted by atomic mass is 10.1. The fraction of sp³-hybridized carbons (Fsp3) is 0.263. The summed E-state index contributed by atoms with van der Waals surface area (Å²) in [5, 5.41) is 6.67. The average Bonchev–Trinajstić information content (AvgIpc) is 3.36. The number of rotatable bonds is 3. The van der Waals surface area contributed by atoms with Gasteiger partial charge in [0.2, 0.25) is 0 Å². The molecule has 150 valence electrons. The minimum absolute atomic E-state index is 0.0823. The summed E-state index contributed by atoms with van der Waals surface area (Å²) < 4.78 is 14.9. The van der Waals surface area contributed by atoms with Gasteiger partial charge in [0, 0.05) is 50.4 Å². The van der Waals surface area contributed by atoms with Crippen molar-refractivity contribution in [2.75, 3.05) is 26.2 Å². The smallest absolute Gasteiger partial charge is 0.273 e. The Morgan fingerprint density at radius 2 is 1.83 bits per heavy atom. The normalized spacial score (nSPS) is 14.3. The summed E-state index contributed by atoms with van der Waals surface area (Å²) in [6.45, 7) is 1.53. The highest BCUT2D eigenvalue weighted by Gasteiger charge is 2.27. The third-order valence-electron chi connectivity index (χ3n) is 4.69. The van der Waals surface area contributed by atoms with Gasteiger partial charge in [0.25, 0.3) is 11.8 Å². The number of nitrogens with zero attached hydrogens (tertiary/aromatic N) is 5. The monoisotopic (exact) mass is 433 g/mol. The molecule has 0 N–H and O–H groups in total. The molecule has 4 rings (SSSR count). The molecule has 3 heterocycles. The predicted molar refractivity (Wildman–Crippen MR) is 108 cm³/mol. The zero-order valence-corrected chi connectivity index (χ0v) is 17.1. The van der Waals surface area contributed by atoms with Crippen LogP contribution in [0.4, 0.5) is 4.39 Å². The van der Waals surface area contributed by atoms with Crippen LogP contribution < -0.4 is 0 Å². The minimum Gasteiger partial charge on any atom is -0.335 e. The van der Waals surface area contributed by atoms with E-state index in [0.717, 1.165) is 16.6 Å². The Kier molecular flexibility index (Phi) is 5.33. The van der Waals surface area contributed by atoms with E-state index in [0.29, 0.717) is 31.9 Å². The van der Waals surface area contributed by atoms with Crippen LogP contribution in [-0.2, 0) is 7.05 Å². The first-order valence-corrected chi connectivity index (χ1v) is 10.2. The molecule has 1 saturated heterocycles. The Morgan fingerprint density at radius 1 is 1.14 bits per heavy atom. The van der Waals surface area contributed by atoms with Crippen molar-refractivity contribution in [3.8, 4) is 10.6 Å². The molecular formula is C19H17ClFN5O2S. The van der Waals surface area contributed by atoms with Gasteiger partial charge >= 0.3 is 0 Å². The molecule has 0 aliphatic carbocycles. The van der Waals surface area contributed by atoms with E-state index in [-0.39, 0.29) is 22.4 Å². The van der Waals surface area contributed by atoms with E-state index in [9.17, 15) is 14.0 Å². The number of amides is 2. The quantitative estimate of drug-likeness (QED) is 0.636. The lowest BCUT2D eigenvalue weighted by molar-refractivity contribution is 0.0533. The van der Waals surface area contributed by atoms with Crippen LogP contribution in [0.25, 0.3) is 10.6 Å². The van der Waals surface area contributed by atoms with Crippen molar-refractivity contribution in [3.63, 3.8) is 0 Å². The fourth-order valence-corrected chi connectivity index (χ4v) is 4.16. The first-order valence-electron chi connectivity index (χ1n) is 8.90. The summed E-state index contributed by atoms with van der Waals surface area (Å²) in [5.74, 6) is -0.922. The van der Waals surface area contributed by atoms with Crippen LogP contribution in [-0.4, -0.2) is 62.6 Å². The fourth-order valence-electron chi connectivity index (χ4n) is 3.14. The summed E-state index contributed by atoms with van der Waals surface area (Å²) in [7, 11) is 1.82. The Balaban J connectivity index is 1.40.